The summed E-state index contributed by atoms with van der Waals surface area (Å²) in [7, 11) is -5.00. The number of carboxylic acids is 1. The monoisotopic (exact) mass is 786 g/mol. The number of nitrogens with two attached hydrogens (primary N) is 1. The molecule has 1 saturated heterocycles. The molecule has 0 bridgehead atoms. The zero-order valence-corrected chi connectivity index (χ0v) is 33.0. The molecule has 1 aromatic rings. The van der Waals surface area contributed by atoms with Gasteiger partial charge in [0.15, 0.2) is 11.5 Å². The summed E-state index contributed by atoms with van der Waals surface area (Å²) in [6.45, 7) is 12.9. The number of carbonyl (C=O) groups excluding carboxylic acids is 2. The molecule has 0 aromatic heterocycles. The molecule has 294 valence electrons. The van der Waals surface area contributed by atoms with Gasteiger partial charge in [-0.3, -0.25) is 14.1 Å². The van der Waals surface area contributed by atoms with Crippen molar-refractivity contribution in [2.45, 2.75) is 97.5 Å². The molecule has 3 atom stereocenters. The highest BCUT2D eigenvalue weighted by Gasteiger charge is 2.50. The Morgan fingerprint density at radius 3 is 2.59 bits per heavy atom. The Labute approximate surface area is 320 Å². The third kappa shape index (κ3) is 10.2. The first-order valence-corrected chi connectivity index (χ1v) is 20.4. The summed E-state index contributed by atoms with van der Waals surface area (Å²) >= 11 is 1.24. The molecule has 16 heteroatoms. The topological polar surface area (TPSA) is 218 Å². The molecule has 0 saturated carbocycles. The summed E-state index contributed by atoms with van der Waals surface area (Å²) in [6.07, 6.45) is 10.3. The third-order valence-corrected chi connectivity index (χ3v) is 11.1. The van der Waals surface area contributed by atoms with Crippen molar-refractivity contribution in [3.63, 3.8) is 0 Å². The van der Waals surface area contributed by atoms with Crippen LogP contribution in [0.15, 0.2) is 69.6 Å². The van der Waals surface area contributed by atoms with Crippen molar-refractivity contribution in [2.24, 2.45) is 27.7 Å². The smallest absolute Gasteiger partial charge is 0.366 e. The number of unbranched alkanes of at least 4 members (excludes halogenated alkanes) is 2. The number of aliphatic carboxylic acids is 1. The summed E-state index contributed by atoms with van der Waals surface area (Å²) < 4.78 is 40.7. The second-order valence-electron chi connectivity index (χ2n) is 14.3. The second-order valence-corrected chi connectivity index (χ2v) is 16.5. The highest BCUT2D eigenvalue weighted by molar-refractivity contribution is 7.99. The second kappa shape index (κ2) is 17.8. The Morgan fingerprint density at radius 1 is 1.26 bits per heavy atom. The predicted molar refractivity (Wildman–Crippen MR) is 207 cm³/mol. The van der Waals surface area contributed by atoms with Crippen molar-refractivity contribution < 1.29 is 47.1 Å². The lowest BCUT2D eigenvalue weighted by atomic mass is 9.73. The van der Waals surface area contributed by atoms with Crippen LogP contribution in [-0.4, -0.2) is 74.0 Å². The number of nitrogens with zero attached hydrogens (tertiary/aromatic N) is 3. The third-order valence-electron chi connectivity index (χ3n) is 9.54. The maximum absolute atomic E-state index is 13.5. The van der Waals surface area contributed by atoms with E-state index in [-0.39, 0.29) is 57.2 Å². The van der Waals surface area contributed by atoms with Crippen LogP contribution in [-0.2, 0) is 35.9 Å². The summed E-state index contributed by atoms with van der Waals surface area (Å²) in [5.74, 6) is -3.40. The van der Waals surface area contributed by atoms with E-state index >= 15 is 0 Å². The van der Waals surface area contributed by atoms with Crippen LogP contribution in [0.1, 0.15) is 96.6 Å². The quantitative estimate of drug-likeness (QED) is 0.0235. The molecular weight excluding hydrogens is 737 g/mol. The predicted octanol–water partition coefficient (Wildman–Crippen LogP) is 6.20. The number of hydrogen-bond donors (Lipinski definition) is 4. The summed E-state index contributed by atoms with van der Waals surface area (Å²) in [5.41, 5.74) is 7.31. The Kier molecular flexibility index (Phi) is 14.0. The number of carboxylic acid groups (broad SMARTS) is 1. The van der Waals surface area contributed by atoms with E-state index in [1.165, 1.54) is 43.3 Å². The van der Waals surface area contributed by atoms with Crippen LogP contribution in [0.3, 0.4) is 0 Å². The fraction of sp³-hybridized carbons (Fsp3) is 0.500. The molecule has 1 fully saturated rings. The molecule has 14 nitrogen and oxygen atoms in total. The molecule has 4 rings (SSSR count). The minimum atomic E-state index is -5.00. The number of ether oxygens (including phenoxy) is 1. The van der Waals surface area contributed by atoms with Gasteiger partial charge in [0.2, 0.25) is 5.60 Å². The number of benzene rings is 1. The zero-order chi connectivity index (χ0) is 40.0. The fourth-order valence-electron chi connectivity index (χ4n) is 6.50. The fourth-order valence-corrected chi connectivity index (χ4v) is 7.92. The van der Waals surface area contributed by atoms with Gasteiger partial charge in [0.05, 0.1) is 11.6 Å². The van der Waals surface area contributed by atoms with Crippen LogP contribution in [0.4, 0.5) is 0 Å². The van der Waals surface area contributed by atoms with Gasteiger partial charge in [-0.2, -0.15) is 12.7 Å². The number of phenols is 1. The lowest BCUT2D eigenvalue weighted by Gasteiger charge is -2.38. The number of aromatic hydroxyl groups is 1. The number of thioether (sulfide) groups is 1. The van der Waals surface area contributed by atoms with Crippen LogP contribution in [0.2, 0.25) is 0 Å². The van der Waals surface area contributed by atoms with Crippen molar-refractivity contribution in [1.82, 2.24) is 4.31 Å². The number of oxime groups is 1. The SMILES string of the molecule is C=C(C)[C@@H]1CCC(C)=C[C@H]1c1c(O)cc(CCCCC)cc1OCSC/C=C1\[C@H](CC(=O)/C(=N\OC(C)(C)C(=O)O)C2=CCC(N)=N2)C(=O)N1S(=O)(=O)O. The number of rotatable bonds is 19. The van der Waals surface area contributed by atoms with Crippen molar-refractivity contribution >= 4 is 51.3 Å². The van der Waals surface area contributed by atoms with Gasteiger partial charge in [0.1, 0.15) is 23.3 Å². The Bertz CT molecular complexity index is 1930. The number of aryl methyl sites for hydroxylation is 1. The zero-order valence-electron chi connectivity index (χ0n) is 31.3. The molecule has 3 aliphatic rings. The van der Waals surface area contributed by atoms with E-state index in [1.807, 2.05) is 13.0 Å². The molecular formula is C38H50N4O10S2. The van der Waals surface area contributed by atoms with E-state index in [0.29, 0.717) is 11.3 Å². The van der Waals surface area contributed by atoms with E-state index in [9.17, 15) is 37.6 Å². The number of amides is 1. The molecule has 54 heavy (non-hydrogen) atoms. The highest BCUT2D eigenvalue weighted by atomic mass is 32.2. The molecule has 5 N–H and O–H groups in total. The van der Waals surface area contributed by atoms with E-state index in [4.69, 9.17) is 15.3 Å². The number of Topliss-reactive ketones (excluding diaryl/α,β-unsaturated/α-hetero) is 1. The Hall–Kier alpha value is -4.41. The van der Waals surface area contributed by atoms with Crippen LogP contribution in [0, 0.1) is 11.8 Å². The number of aliphatic imine (C=N–C) groups is 1. The van der Waals surface area contributed by atoms with Gasteiger partial charge in [-0.05, 0) is 83.1 Å². The van der Waals surface area contributed by atoms with Gasteiger partial charge in [0, 0.05) is 35.8 Å². The van der Waals surface area contributed by atoms with Gasteiger partial charge in [0.25, 0.3) is 5.91 Å². The maximum Gasteiger partial charge on any atom is 0.366 e. The van der Waals surface area contributed by atoms with E-state index < -0.39 is 51.6 Å². The Morgan fingerprint density at radius 2 is 1.98 bits per heavy atom. The van der Waals surface area contributed by atoms with Gasteiger partial charge in [-0.25, -0.2) is 9.79 Å². The lowest BCUT2D eigenvalue weighted by Crippen LogP contribution is -2.53. The molecule has 1 amide bonds. The van der Waals surface area contributed by atoms with E-state index in [1.54, 1.807) is 6.07 Å². The molecule has 0 unspecified atom stereocenters. The maximum atomic E-state index is 13.5. The summed E-state index contributed by atoms with van der Waals surface area (Å²) in [4.78, 5) is 47.3. The normalized spacial score (nSPS) is 21.3. The molecule has 2 aliphatic heterocycles. The number of amidine groups is 1. The summed E-state index contributed by atoms with van der Waals surface area (Å²) in [6, 6.07) is 3.77. The standard InChI is InChI=1S/C38H50N4O10S2/c1-7-8-9-10-24-18-30(43)34(26-17-23(4)11-12-25(26)22(2)3)32(19-24)51-21-53-16-15-29-27(36(45)42(29)54(48,49)50)20-31(44)35(28-13-14-33(39)40-28)41-52-38(5,6)37(46)47/h13,15,17-19,25-27,43H,2,7-12,14,16,20-21H2,1,3-6H3,(H2,39,40)(H,46,47)(H,48,49,50)/b29-15+,41-35-/t25-,26+,27-/m0/s1. The van der Waals surface area contributed by atoms with Gasteiger partial charge >= 0.3 is 16.3 Å². The van der Waals surface area contributed by atoms with Crippen LogP contribution >= 0.6 is 11.8 Å². The average Bonchev–Trinajstić information content (AvgIpc) is 3.51. The molecule has 0 radical (unpaired) electrons. The first kappa shape index (κ1) is 42.3. The average molecular weight is 787 g/mol. The van der Waals surface area contributed by atoms with Crippen LogP contribution in [0.5, 0.6) is 11.5 Å². The minimum Gasteiger partial charge on any atom is -0.507 e. The number of carbonyl (C=O) groups is 3. The number of allylic oxidation sites excluding steroid dienone is 4. The van der Waals surface area contributed by atoms with Gasteiger partial charge in [-0.1, -0.05) is 54.8 Å². The number of phenolic OH excluding ortho intramolecular Hbond substituents is 1. The summed E-state index contributed by atoms with van der Waals surface area (Å²) in [5, 5.41) is 24.6. The number of ketones is 1. The van der Waals surface area contributed by atoms with E-state index in [2.05, 4.69) is 36.7 Å². The first-order chi connectivity index (χ1) is 25.3. The molecule has 1 aromatic carbocycles. The van der Waals surface area contributed by atoms with Crippen molar-refractivity contribution in [3.05, 3.63) is 70.6 Å². The van der Waals surface area contributed by atoms with Gasteiger partial charge in [-0.15, -0.1) is 11.8 Å². The Balaban J connectivity index is 1.55. The molecule has 2 heterocycles. The highest BCUT2D eigenvalue weighted by Crippen LogP contribution is 2.47. The molecule has 1 aliphatic carbocycles. The van der Waals surface area contributed by atoms with Crippen molar-refractivity contribution in [1.29, 1.82) is 0 Å². The first-order valence-electron chi connectivity index (χ1n) is 17.8. The number of hydrogen-bond acceptors (Lipinski definition) is 12. The van der Waals surface area contributed by atoms with E-state index in [0.717, 1.165) is 49.7 Å². The molecule has 0 spiro atoms. The van der Waals surface area contributed by atoms with Gasteiger partial charge < -0.3 is 25.5 Å². The van der Waals surface area contributed by atoms with Crippen molar-refractivity contribution in [2.75, 3.05) is 11.7 Å². The minimum absolute atomic E-state index is 0.0172. The number of β-lactam (4-membered cyclic amide) rings is 1. The van der Waals surface area contributed by atoms with Crippen LogP contribution < -0.4 is 10.5 Å². The largest absolute Gasteiger partial charge is 0.507 e. The van der Waals surface area contributed by atoms with Crippen molar-refractivity contribution in [3.8, 4) is 11.5 Å². The lowest BCUT2D eigenvalue weighted by molar-refractivity contribution is -0.161. The van der Waals surface area contributed by atoms with Crippen LogP contribution in [0.25, 0.3) is 0 Å².